The van der Waals surface area contributed by atoms with Crippen molar-refractivity contribution in [2.45, 2.75) is 36.0 Å². The standard InChI is InChI=1S/C26H27F3N2O4S/c1-33-23-13-19(35-16-18-8-10-20(11-9-18)36-26(27,28)29)14-24(34-2)21(23)15-31-22(25(30)32)12-17-6-4-3-5-7-17/h3-11,13-14,22,31H,12,15-16H2,1-2H3,(H2,30,32). The molecule has 0 saturated carbocycles. The molecule has 3 aromatic carbocycles. The average molecular weight is 521 g/mol. The quantitative estimate of drug-likeness (QED) is 0.324. The lowest BCUT2D eigenvalue weighted by Gasteiger charge is -2.19. The summed E-state index contributed by atoms with van der Waals surface area (Å²) >= 11 is -0.165. The second kappa shape index (κ2) is 12.5. The van der Waals surface area contributed by atoms with Crippen molar-refractivity contribution in [3.05, 3.63) is 83.4 Å². The van der Waals surface area contributed by atoms with Crippen molar-refractivity contribution < 1.29 is 32.2 Å². The third-order valence-corrected chi connectivity index (χ3v) is 6.03. The number of hydrogen-bond donors (Lipinski definition) is 2. The smallest absolute Gasteiger partial charge is 0.446 e. The van der Waals surface area contributed by atoms with E-state index in [1.54, 1.807) is 24.3 Å². The maximum Gasteiger partial charge on any atom is 0.446 e. The first-order valence-corrected chi connectivity index (χ1v) is 11.8. The van der Waals surface area contributed by atoms with Crippen LogP contribution < -0.4 is 25.3 Å². The highest BCUT2D eigenvalue weighted by Gasteiger charge is 2.29. The number of rotatable bonds is 12. The zero-order valence-corrected chi connectivity index (χ0v) is 20.6. The molecule has 3 rings (SSSR count). The Kier molecular flexibility index (Phi) is 9.49. The van der Waals surface area contributed by atoms with Crippen molar-refractivity contribution in [3.8, 4) is 17.2 Å². The summed E-state index contributed by atoms with van der Waals surface area (Å²) in [6, 6.07) is 18.3. The number of nitrogens with one attached hydrogen (secondary N) is 1. The summed E-state index contributed by atoms with van der Waals surface area (Å²) < 4.78 is 54.4. The number of thioether (sulfide) groups is 1. The van der Waals surface area contributed by atoms with E-state index in [4.69, 9.17) is 19.9 Å². The van der Waals surface area contributed by atoms with E-state index >= 15 is 0 Å². The molecule has 1 unspecified atom stereocenters. The van der Waals surface area contributed by atoms with Crippen LogP contribution in [0.15, 0.2) is 71.6 Å². The van der Waals surface area contributed by atoms with E-state index in [2.05, 4.69) is 5.32 Å². The molecular weight excluding hydrogens is 493 g/mol. The molecule has 0 bridgehead atoms. The van der Waals surface area contributed by atoms with Crippen LogP contribution in [0.3, 0.4) is 0 Å². The van der Waals surface area contributed by atoms with E-state index in [9.17, 15) is 18.0 Å². The number of amides is 1. The Labute approximate surface area is 211 Å². The van der Waals surface area contributed by atoms with Crippen LogP contribution in [0.4, 0.5) is 13.2 Å². The summed E-state index contributed by atoms with van der Waals surface area (Å²) in [6.45, 7) is 0.396. The Morgan fingerprint density at radius 2 is 1.58 bits per heavy atom. The number of ether oxygens (including phenoxy) is 3. The molecule has 0 radical (unpaired) electrons. The first kappa shape index (κ1) is 27.2. The predicted molar refractivity (Wildman–Crippen MR) is 132 cm³/mol. The fourth-order valence-corrected chi connectivity index (χ4v) is 4.06. The Morgan fingerprint density at radius 1 is 0.972 bits per heavy atom. The molecule has 36 heavy (non-hydrogen) atoms. The lowest BCUT2D eigenvalue weighted by atomic mass is 10.0. The Morgan fingerprint density at radius 3 is 2.11 bits per heavy atom. The lowest BCUT2D eigenvalue weighted by Crippen LogP contribution is -2.42. The van der Waals surface area contributed by atoms with E-state index in [1.807, 2.05) is 30.3 Å². The molecule has 10 heteroatoms. The molecule has 0 spiro atoms. The average Bonchev–Trinajstić information content (AvgIpc) is 2.85. The van der Waals surface area contributed by atoms with Crippen LogP contribution in [-0.2, 0) is 24.4 Å². The van der Waals surface area contributed by atoms with Crippen LogP contribution in [0, 0.1) is 0 Å². The molecule has 0 aliphatic carbocycles. The van der Waals surface area contributed by atoms with E-state index in [-0.39, 0.29) is 29.8 Å². The number of halogens is 3. The second-order valence-electron chi connectivity index (χ2n) is 7.81. The van der Waals surface area contributed by atoms with Gasteiger partial charge in [-0.25, -0.2) is 0 Å². The van der Waals surface area contributed by atoms with Crippen molar-refractivity contribution >= 4 is 17.7 Å². The number of nitrogens with two attached hydrogens (primary N) is 1. The molecule has 1 amide bonds. The highest BCUT2D eigenvalue weighted by molar-refractivity contribution is 8.00. The zero-order valence-electron chi connectivity index (χ0n) is 19.8. The number of carbonyl (C=O) groups excluding carboxylic acids is 1. The number of methoxy groups -OCH3 is 2. The molecule has 6 nitrogen and oxygen atoms in total. The topological polar surface area (TPSA) is 82.8 Å². The third-order valence-electron chi connectivity index (χ3n) is 5.30. The van der Waals surface area contributed by atoms with Crippen LogP contribution in [0.1, 0.15) is 16.7 Å². The minimum absolute atomic E-state index is 0.105. The van der Waals surface area contributed by atoms with E-state index in [1.165, 1.54) is 26.4 Å². The molecular formula is C26H27F3N2O4S. The molecule has 3 N–H and O–H groups in total. The summed E-state index contributed by atoms with van der Waals surface area (Å²) in [6.07, 6.45) is 0.433. The van der Waals surface area contributed by atoms with Crippen molar-refractivity contribution in [3.63, 3.8) is 0 Å². The zero-order chi connectivity index (χ0) is 26.1. The van der Waals surface area contributed by atoms with Crippen LogP contribution in [0.25, 0.3) is 0 Å². The van der Waals surface area contributed by atoms with Gasteiger partial charge in [-0.05, 0) is 41.4 Å². The van der Waals surface area contributed by atoms with Gasteiger partial charge >= 0.3 is 5.51 Å². The first-order valence-electron chi connectivity index (χ1n) is 11.0. The predicted octanol–water partition coefficient (Wildman–Crippen LogP) is 5.08. The number of benzene rings is 3. The van der Waals surface area contributed by atoms with Crippen molar-refractivity contribution in [2.75, 3.05) is 14.2 Å². The van der Waals surface area contributed by atoms with E-state index < -0.39 is 17.5 Å². The SMILES string of the molecule is COc1cc(OCc2ccc(SC(F)(F)F)cc2)cc(OC)c1CNC(Cc1ccccc1)C(N)=O. The van der Waals surface area contributed by atoms with Gasteiger partial charge in [-0.2, -0.15) is 13.2 Å². The molecule has 0 aliphatic heterocycles. The summed E-state index contributed by atoms with van der Waals surface area (Å²) in [7, 11) is 3.02. The van der Waals surface area contributed by atoms with Gasteiger partial charge in [0.1, 0.15) is 23.9 Å². The Balaban J connectivity index is 1.69. The van der Waals surface area contributed by atoms with Gasteiger partial charge < -0.3 is 25.3 Å². The van der Waals surface area contributed by atoms with Gasteiger partial charge in [0.25, 0.3) is 0 Å². The molecule has 1 atom stereocenters. The molecule has 0 saturated heterocycles. The number of alkyl halides is 3. The maximum atomic E-state index is 12.5. The van der Waals surface area contributed by atoms with Crippen LogP contribution >= 0.6 is 11.8 Å². The van der Waals surface area contributed by atoms with Crippen LogP contribution in [0.5, 0.6) is 17.2 Å². The maximum absolute atomic E-state index is 12.5. The van der Waals surface area contributed by atoms with Crippen LogP contribution in [0.2, 0.25) is 0 Å². The minimum Gasteiger partial charge on any atom is -0.496 e. The summed E-state index contributed by atoms with van der Waals surface area (Å²) in [5.74, 6) is 0.946. The minimum atomic E-state index is -4.33. The van der Waals surface area contributed by atoms with Gasteiger partial charge in [-0.3, -0.25) is 4.79 Å². The van der Waals surface area contributed by atoms with Gasteiger partial charge in [-0.15, -0.1) is 0 Å². The van der Waals surface area contributed by atoms with Gasteiger partial charge in [0.2, 0.25) is 5.91 Å². The van der Waals surface area contributed by atoms with Gasteiger partial charge in [0.15, 0.2) is 0 Å². The monoisotopic (exact) mass is 520 g/mol. The highest BCUT2D eigenvalue weighted by Crippen LogP contribution is 2.37. The van der Waals surface area contributed by atoms with E-state index in [0.717, 1.165) is 5.56 Å². The number of primary amides is 1. The molecule has 0 aromatic heterocycles. The first-order chi connectivity index (χ1) is 17.2. The fourth-order valence-electron chi connectivity index (χ4n) is 3.52. The molecule has 0 heterocycles. The highest BCUT2D eigenvalue weighted by atomic mass is 32.2. The van der Waals surface area contributed by atoms with Gasteiger partial charge in [0.05, 0.1) is 25.8 Å². The second-order valence-corrected chi connectivity index (χ2v) is 8.95. The normalized spacial score (nSPS) is 12.1. The largest absolute Gasteiger partial charge is 0.496 e. The third kappa shape index (κ3) is 8.10. The van der Waals surface area contributed by atoms with Crippen LogP contribution in [-0.4, -0.2) is 31.7 Å². The summed E-state index contributed by atoms with van der Waals surface area (Å²) in [5.41, 5.74) is 3.63. The Bertz CT molecular complexity index is 1120. The summed E-state index contributed by atoms with van der Waals surface area (Å²) in [5, 5.41) is 3.17. The molecule has 0 fully saturated rings. The molecule has 0 aliphatic rings. The number of carbonyl (C=O) groups is 1. The van der Waals surface area contributed by atoms with Crippen molar-refractivity contribution in [1.29, 1.82) is 0 Å². The Hall–Kier alpha value is -3.37. The molecule has 192 valence electrons. The molecule has 3 aromatic rings. The number of hydrogen-bond acceptors (Lipinski definition) is 6. The fraction of sp³-hybridized carbons (Fsp3) is 0.269. The van der Waals surface area contributed by atoms with Crippen molar-refractivity contribution in [2.24, 2.45) is 5.73 Å². The summed E-state index contributed by atoms with van der Waals surface area (Å²) in [4.78, 5) is 12.1. The van der Waals surface area contributed by atoms with Crippen molar-refractivity contribution in [1.82, 2.24) is 5.32 Å². The lowest BCUT2D eigenvalue weighted by molar-refractivity contribution is -0.120. The van der Waals surface area contributed by atoms with Gasteiger partial charge in [-0.1, -0.05) is 42.5 Å². The van der Waals surface area contributed by atoms with Gasteiger partial charge in [0, 0.05) is 23.6 Å². The van der Waals surface area contributed by atoms with E-state index in [0.29, 0.717) is 34.8 Å².